The Morgan fingerprint density at radius 1 is 1.05 bits per heavy atom. The summed E-state index contributed by atoms with van der Waals surface area (Å²) >= 11 is 12.5. The Hall–Kier alpha value is -1.16. The van der Waals surface area contributed by atoms with Gasteiger partial charge >= 0.3 is 0 Å². The molecule has 0 unspecified atom stereocenters. The third-order valence-corrected chi connectivity index (χ3v) is 3.33. The number of benzene rings is 1. The molecule has 106 valence electrons. The second kappa shape index (κ2) is 7.02. The number of hydrogen-bond donors (Lipinski definition) is 0. The number of aryl methyl sites for hydroxylation is 1. The molecule has 0 radical (unpaired) electrons. The summed E-state index contributed by atoms with van der Waals surface area (Å²) in [4.78, 5) is 8.50. The van der Waals surface area contributed by atoms with Gasteiger partial charge < -0.3 is 4.74 Å². The summed E-state index contributed by atoms with van der Waals surface area (Å²) in [5, 5.41) is 0.702. The van der Waals surface area contributed by atoms with E-state index in [1.54, 1.807) is 0 Å². The van der Waals surface area contributed by atoms with Crippen molar-refractivity contribution in [2.75, 3.05) is 6.61 Å². The van der Waals surface area contributed by atoms with Crippen LogP contribution in [-0.4, -0.2) is 16.6 Å². The number of ether oxygens (including phenoxy) is 1. The Bertz CT molecular complexity index is 562. The number of hydrogen-bond acceptors (Lipinski definition) is 3. The van der Waals surface area contributed by atoms with E-state index in [1.807, 2.05) is 38.1 Å². The monoisotopic (exact) mass is 310 g/mol. The Labute approximate surface area is 128 Å². The van der Waals surface area contributed by atoms with Crippen molar-refractivity contribution >= 4 is 23.2 Å². The highest BCUT2D eigenvalue weighted by atomic mass is 35.5. The molecule has 0 fully saturated rings. The Morgan fingerprint density at radius 2 is 1.65 bits per heavy atom. The van der Waals surface area contributed by atoms with Crippen LogP contribution in [0.1, 0.15) is 24.7 Å². The van der Waals surface area contributed by atoms with E-state index in [-0.39, 0.29) is 0 Å². The summed E-state index contributed by atoms with van der Waals surface area (Å²) in [6, 6.07) is 7.92. The quantitative estimate of drug-likeness (QED) is 0.594. The van der Waals surface area contributed by atoms with Crippen LogP contribution in [0.2, 0.25) is 10.3 Å². The van der Waals surface area contributed by atoms with Gasteiger partial charge in [-0.05, 0) is 18.9 Å². The second-order valence-corrected chi connectivity index (χ2v) is 5.23. The van der Waals surface area contributed by atoms with Gasteiger partial charge in [-0.3, -0.25) is 0 Å². The Morgan fingerprint density at radius 3 is 2.20 bits per heavy atom. The molecular weight excluding hydrogens is 295 g/mol. The average Bonchev–Trinajstić information content (AvgIpc) is 2.40. The molecular formula is C15H16Cl2N2O. The first-order valence-electron chi connectivity index (χ1n) is 6.48. The van der Waals surface area contributed by atoms with Gasteiger partial charge in [0, 0.05) is 6.61 Å². The zero-order valence-corrected chi connectivity index (χ0v) is 13.0. The Kier molecular flexibility index (Phi) is 5.35. The van der Waals surface area contributed by atoms with Crippen LogP contribution in [0.3, 0.4) is 0 Å². The van der Waals surface area contributed by atoms with Crippen LogP contribution in [0.4, 0.5) is 0 Å². The zero-order chi connectivity index (χ0) is 14.5. The maximum atomic E-state index is 6.23. The molecule has 0 aliphatic heterocycles. The van der Waals surface area contributed by atoms with Crippen molar-refractivity contribution in [2.45, 2.75) is 26.9 Å². The van der Waals surface area contributed by atoms with Crippen molar-refractivity contribution in [2.24, 2.45) is 0 Å². The van der Waals surface area contributed by atoms with Crippen LogP contribution in [0.25, 0.3) is 11.1 Å². The molecule has 1 heterocycles. The van der Waals surface area contributed by atoms with E-state index in [0.29, 0.717) is 34.9 Å². The van der Waals surface area contributed by atoms with Crippen LogP contribution in [0.15, 0.2) is 24.3 Å². The molecule has 0 saturated heterocycles. The van der Waals surface area contributed by atoms with E-state index in [0.717, 1.165) is 12.0 Å². The van der Waals surface area contributed by atoms with Crippen LogP contribution in [0.5, 0.6) is 0 Å². The van der Waals surface area contributed by atoms with Crippen molar-refractivity contribution in [1.29, 1.82) is 0 Å². The van der Waals surface area contributed by atoms with E-state index >= 15 is 0 Å². The van der Waals surface area contributed by atoms with E-state index < -0.39 is 0 Å². The second-order valence-electron chi connectivity index (χ2n) is 4.52. The zero-order valence-electron chi connectivity index (χ0n) is 11.5. The number of rotatable bonds is 5. The number of halogens is 2. The van der Waals surface area contributed by atoms with Gasteiger partial charge in [0.1, 0.15) is 16.9 Å². The first-order chi connectivity index (χ1) is 9.61. The standard InChI is InChI=1S/C15H16Cl2N2O/c1-3-8-20-9-12-18-14(16)13(15(17)19-12)11-6-4-10(2)5-7-11/h4-7H,3,8-9H2,1-2H3. The first-order valence-corrected chi connectivity index (χ1v) is 7.24. The summed E-state index contributed by atoms with van der Waals surface area (Å²) in [6.07, 6.45) is 0.947. The lowest BCUT2D eigenvalue weighted by Crippen LogP contribution is -2.02. The van der Waals surface area contributed by atoms with E-state index in [9.17, 15) is 0 Å². The summed E-state index contributed by atoms with van der Waals surface area (Å²) in [5.74, 6) is 0.504. The maximum absolute atomic E-state index is 6.23. The molecule has 2 aromatic rings. The fourth-order valence-electron chi connectivity index (χ4n) is 1.78. The molecule has 1 aromatic carbocycles. The smallest absolute Gasteiger partial charge is 0.157 e. The van der Waals surface area contributed by atoms with Crippen molar-refractivity contribution in [1.82, 2.24) is 9.97 Å². The highest BCUT2D eigenvalue weighted by Crippen LogP contribution is 2.32. The lowest BCUT2D eigenvalue weighted by molar-refractivity contribution is 0.116. The molecule has 0 spiro atoms. The normalized spacial score (nSPS) is 10.8. The minimum atomic E-state index is 0.321. The van der Waals surface area contributed by atoms with Gasteiger partial charge in [-0.25, -0.2) is 9.97 Å². The van der Waals surface area contributed by atoms with Gasteiger partial charge in [0.15, 0.2) is 5.82 Å². The third-order valence-electron chi connectivity index (χ3n) is 2.79. The predicted molar refractivity (Wildman–Crippen MR) is 82.2 cm³/mol. The molecule has 0 saturated carbocycles. The predicted octanol–water partition coefficient (Wildman–Crippen LogP) is 4.69. The van der Waals surface area contributed by atoms with Gasteiger partial charge in [0.2, 0.25) is 0 Å². The third kappa shape index (κ3) is 3.69. The molecule has 0 bridgehead atoms. The maximum Gasteiger partial charge on any atom is 0.157 e. The first kappa shape index (κ1) is 15.2. The number of nitrogens with zero attached hydrogens (tertiary/aromatic N) is 2. The molecule has 0 atom stereocenters. The van der Waals surface area contributed by atoms with Gasteiger partial charge in [0.05, 0.1) is 5.56 Å². The minimum absolute atomic E-state index is 0.321. The van der Waals surface area contributed by atoms with Crippen LogP contribution < -0.4 is 0 Å². The van der Waals surface area contributed by atoms with Gasteiger partial charge in [-0.15, -0.1) is 0 Å². The van der Waals surface area contributed by atoms with Crippen LogP contribution in [-0.2, 0) is 11.3 Å². The van der Waals surface area contributed by atoms with Gasteiger partial charge in [-0.2, -0.15) is 0 Å². The van der Waals surface area contributed by atoms with Crippen LogP contribution >= 0.6 is 23.2 Å². The van der Waals surface area contributed by atoms with E-state index in [4.69, 9.17) is 27.9 Å². The Balaban J connectivity index is 2.29. The molecule has 0 aliphatic carbocycles. The van der Waals surface area contributed by atoms with Crippen molar-refractivity contribution < 1.29 is 4.74 Å². The fourth-order valence-corrected chi connectivity index (χ4v) is 2.42. The van der Waals surface area contributed by atoms with Crippen molar-refractivity contribution in [3.8, 4) is 11.1 Å². The molecule has 0 amide bonds. The van der Waals surface area contributed by atoms with Crippen LogP contribution in [0, 0.1) is 6.92 Å². The summed E-state index contributed by atoms with van der Waals surface area (Å²) < 4.78 is 5.40. The lowest BCUT2D eigenvalue weighted by atomic mass is 10.1. The SMILES string of the molecule is CCCOCc1nc(Cl)c(-c2ccc(C)cc2)c(Cl)n1. The summed E-state index contributed by atoms with van der Waals surface area (Å²) in [7, 11) is 0. The molecule has 0 N–H and O–H groups in total. The molecule has 20 heavy (non-hydrogen) atoms. The van der Waals surface area contributed by atoms with Gasteiger partial charge in [0.25, 0.3) is 0 Å². The molecule has 1 aromatic heterocycles. The summed E-state index contributed by atoms with van der Waals surface area (Å²) in [6.45, 7) is 5.05. The lowest BCUT2D eigenvalue weighted by Gasteiger charge is -2.09. The highest BCUT2D eigenvalue weighted by Gasteiger charge is 2.13. The molecule has 3 nitrogen and oxygen atoms in total. The largest absolute Gasteiger partial charge is 0.373 e. The topological polar surface area (TPSA) is 35.0 Å². The molecule has 5 heteroatoms. The number of aromatic nitrogens is 2. The summed E-state index contributed by atoms with van der Waals surface area (Å²) in [5.41, 5.74) is 2.74. The fraction of sp³-hybridized carbons (Fsp3) is 0.333. The average molecular weight is 311 g/mol. The van der Waals surface area contributed by atoms with Gasteiger partial charge in [-0.1, -0.05) is 60.0 Å². The van der Waals surface area contributed by atoms with Crippen molar-refractivity contribution in [3.63, 3.8) is 0 Å². The molecule has 2 rings (SSSR count). The van der Waals surface area contributed by atoms with Crippen molar-refractivity contribution in [3.05, 3.63) is 46.0 Å². The minimum Gasteiger partial charge on any atom is -0.373 e. The molecule has 0 aliphatic rings. The van der Waals surface area contributed by atoms with E-state index in [2.05, 4.69) is 9.97 Å². The highest BCUT2D eigenvalue weighted by molar-refractivity contribution is 6.37. The van der Waals surface area contributed by atoms with E-state index in [1.165, 1.54) is 5.56 Å².